The molecule has 0 amide bonds. The molecule has 0 aliphatic heterocycles. The largest absolute Gasteiger partial charge is 0.496 e. The van der Waals surface area contributed by atoms with Crippen LogP contribution >= 0.6 is 0 Å². The molecular formula is C11H10O2. The molecule has 1 aromatic rings. The Balaban J connectivity index is 3.06. The van der Waals surface area contributed by atoms with E-state index >= 15 is 0 Å². The monoisotopic (exact) mass is 174 g/mol. The van der Waals surface area contributed by atoms with E-state index in [1.165, 1.54) is 0 Å². The summed E-state index contributed by atoms with van der Waals surface area (Å²) in [6, 6.07) is 5.58. The zero-order valence-corrected chi connectivity index (χ0v) is 7.63. The molecule has 66 valence electrons. The van der Waals surface area contributed by atoms with Gasteiger partial charge < -0.3 is 4.74 Å². The highest BCUT2D eigenvalue weighted by atomic mass is 16.5. The quantitative estimate of drug-likeness (QED) is 0.477. The van der Waals surface area contributed by atoms with Gasteiger partial charge in [0.1, 0.15) is 5.75 Å². The Morgan fingerprint density at radius 3 is 2.85 bits per heavy atom. The zero-order valence-electron chi connectivity index (χ0n) is 7.63. The highest BCUT2D eigenvalue weighted by Gasteiger charge is 1.97. The van der Waals surface area contributed by atoms with Gasteiger partial charge in [0.25, 0.3) is 0 Å². The molecule has 0 aliphatic carbocycles. The van der Waals surface area contributed by atoms with Gasteiger partial charge in [0.15, 0.2) is 6.29 Å². The van der Waals surface area contributed by atoms with E-state index in [1.807, 2.05) is 25.1 Å². The van der Waals surface area contributed by atoms with Crippen LogP contribution in [-0.2, 0) is 4.79 Å². The van der Waals surface area contributed by atoms with Gasteiger partial charge in [0.2, 0.25) is 0 Å². The number of aldehydes is 1. The van der Waals surface area contributed by atoms with Crippen molar-refractivity contribution in [1.82, 2.24) is 0 Å². The van der Waals surface area contributed by atoms with E-state index in [-0.39, 0.29) is 0 Å². The summed E-state index contributed by atoms with van der Waals surface area (Å²) in [5.74, 6) is 5.84. The minimum Gasteiger partial charge on any atom is -0.496 e. The topological polar surface area (TPSA) is 26.3 Å². The Bertz CT molecular complexity index is 369. The SMILES string of the molecule is COc1cc(C#CC=O)ccc1C. The van der Waals surface area contributed by atoms with E-state index < -0.39 is 0 Å². The first-order valence-corrected chi connectivity index (χ1v) is 3.87. The fourth-order valence-electron chi connectivity index (χ4n) is 1.01. The first-order valence-electron chi connectivity index (χ1n) is 3.87. The number of carbonyl (C=O) groups excluding carboxylic acids is 1. The van der Waals surface area contributed by atoms with Crippen LogP contribution in [-0.4, -0.2) is 13.4 Å². The molecule has 0 heterocycles. The van der Waals surface area contributed by atoms with Crippen molar-refractivity contribution in [3.8, 4) is 17.6 Å². The Kier molecular flexibility index (Phi) is 3.10. The average molecular weight is 174 g/mol. The summed E-state index contributed by atoms with van der Waals surface area (Å²) in [7, 11) is 1.61. The molecule has 1 rings (SSSR count). The highest BCUT2D eigenvalue weighted by molar-refractivity contribution is 5.74. The maximum atomic E-state index is 9.99. The van der Waals surface area contributed by atoms with Crippen LogP contribution < -0.4 is 4.74 Å². The van der Waals surface area contributed by atoms with Crippen LogP contribution in [0.5, 0.6) is 5.75 Å². The summed E-state index contributed by atoms with van der Waals surface area (Å²) in [5, 5.41) is 0. The van der Waals surface area contributed by atoms with E-state index in [0.29, 0.717) is 6.29 Å². The zero-order chi connectivity index (χ0) is 9.68. The van der Waals surface area contributed by atoms with Gasteiger partial charge in [-0.05, 0) is 30.5 Å². The van der Waals surface area contributed by atoms with E-state index in [1.54, 1.807) is 7.11 Å². The van der Waals surface area contributed by atoms with Crippen LogP contribution in [0.2, 0.25) is 0 Å². The van der Waals surface area contributed by atoms with Crippen LogP contribution in [0.15, 0.2) is 18.2 Å². The molecule has 0 saturated carbocycles. The summed E-state index contributed by atoms with van der Waals surface area (Å²) in [6.45, 7) is 1.95. The summed E-state index contributed by atoms with van der Waals surface area (Å²) in [6.07, 6.45) is 0.576. The molecule has 0 radical (unpaired) electrons. The number of aryl methyl sites for hydroxylation is 1. The molecule has 2 heteroatoms. The third kappa shape index (κ3) is 2.34. The Morgan fingerprint density at radius 1 is 1.46 bits per heavy atom. The summed E-state index contributed by atoms with van der Waals surface area (Å²) >= 11 is 0. The Labute approximate surface area is 77.5 Å². The standard InChI is InChI=1S/C11H10O2/c1-9-5-6-10(4-3-7-12)8-11(9)13-2/h5-8H,1-2H3. The van der Waals surface area contributed by atoms with Crippen LogP contribution in [0.1, 0.15) is 11.1 Å². The number of carbonyl (C=O) groups is 1. The summed E-state index contributed by atoms with van der Waals surface area (Å²) in [5.41, 5.74) is 1.84. The van der Waals surface area contributed by atoms with E-state index in [0.717, 1.165) is 16.9 Å². The van der Waals surface area contributed by atoms with Crippen LogP contribution in [0.3, 0.4) is 0 Å². The van der Waals surface area contributed by atoms with Gasteiger partial charge in [0, 0.05) is 5.56 Å². The molecule has 13 heavy (non-hydrogen) atoms. The fraction of sp³-hybridized carbons (Fsp3) is 0.182. The number of hydrogen-bond donors (Lipinski definition) is 0. The molecule has 0 fully saturated rings. The number of methoxy groups -OCH3 is 1. The minimum absolute atomic E-state index is 0.576. The third-order valence-corrected chi connectivity index (χ3v) is 1.68. The molecule has 0 atom stereocenters. The van der Waals surface area contributed by atoms with E-state index in [4.69, 9.17) is 4.74 Å². The van der Waals surface area contributed by atoms with Gasteiger partial charge in [-0.1, -0.05) is 12.0 Å². The predicted molar refractivity (Wildman–Crippen MR) is 50.7 cm³/mol. The smallest absolute Gasteiger partial charge is 0.193 e. The average Bonchev–Trinajstić information content (AvgIpc) is 2.16. The molecule has 1 aromatic carbocycles. The molecule has 0 saturated heterocycles. The molecule has 0 unspecified atom stereocenters. The van der Waals surface area contributed by atoms with Crippen molar-refractivity contribution in [2.24, 2.45) is 0 Å². The first kappa shape index (κ1) is 9.34. The lowest BCUT2D eigenvalue weighted by molar-refractivity contribution is -0.103. The second-order valence-corrected chi connectivity index (χ2v) is 2.57. The predicted octanol–water partition coefficient (Wildman–Crippen LogP) is 1.55. The maximum absolute atomic E-state index is 9.99. The van der Waals surface area contributed by atoms with Crippen molar-refractivity contribution in [3.63, 3.8) is 0 Å². The number of benzene rings is 1. The van der Waals surface area contributed by atoms with Crippen LogP contribution in [0, 0.1) is 18.8 Å². The Hall–Kier alpha value is -1.75. The van der Waals surface area contributed by atoms with Gasteiger partial charge >= 0.3 is 0 Å². The second-order valence-electron chi connectivity index (χ2n) is 2.57. The van der Waals surface area contributed by atoms with Crippen molar-refractivity contribution >= 4 is 6.29 Å². The fourth-order valence-corrected chi connectivity index (χ4v) is 1.01. The molecule has 0 N–H and O–H groups in total. The first-order chi connectivity index (χ1) is 6.27. The third-order valence-electron chi connectivity index (χ3n) is 1.68. The van der Waals surface area contributed by atoms with Crippen LogP contribution in [0.25, 0.3) is 0 Å². The Morgan fingerprint density at radius 2 is 2.23 bits per heavy atom. The van der Waals surface area contributed by atoms with Crippen molar-refractivity contribution in [2.75, 3.05) is 7.11 Å². The minimum atomic E-state index is 0.576. The van der Waals surface area contributed by atoms with Crippen molar-refractivity contribution in [3.05, 3.63) is 29.3 Å². The molecule has 0 aliphatic rings. The second kappa shape index (κ2) is 4.32. The van der Waals surface area contributed by atoms with Gasteiger partial charge in [-0.3, -0.25) is 4.79 Å². The van der Waals surface area contributed by atoms with E-state index in [9.17, 15) is 4.79 Å². The number of ether oxygens (including phenoxy) is 1. The van der Waals surface area contributed by atoms with Gasteiger partial charge in [-0.25, -0.2) is 0 Å². The van der Waals surface area contributed by atoms with Gasteiger partial charge in [-0.2, -0.15) is 0 Å². The maximum Gasteiger partial charge on any atom is 0.193 e. The van der Waals surface area contributed by atoms with Gasteiger partial charge in [-0.15, -0.1) is 0 Å². The summed E-state index contributed by atoms with van der Waals surface area (Å²) in [4.78, 5) is 9.99. The molecule has 0 bridgehead atoms. The molecule has 2 nitrogen and oxygen atoms in total. The molecule has 0 spiro atoms. The van der Waals surface area contributed by atoms with Crippen molar-refractivity contribution in [1.29, 1.82) is 0 Å². The van der Waals surface area contributed by atoms with Gasteiger partial charge in [0.05, 0.1) is 7.11 Å². The highest BCUT2D eigenvalue weighted by Crippen LogP contribution is 2.17. The van der Waals surface area contributed by atoms with Crippen molar-refractivity contribution < 1.29 is 9.53 Å². The normalized spacial score (nSPS) is 8.46. The van der Waals surface area contributed by atoms with E-state index in [2.05, 4.69) is 11.8 Å². The van der Waals surface area contributed by atoms with Crippen molar-refractivity contribution in [2.45, 2.75) is 6.92 Å². The number of rotatable bonds is 1. The lowest BCUT2D eigenvalue weighted by atomic mass is 10.1. The lowest BCUT2D eigenvalue weighted by Crippen LogP contribution is -1.87. The molecule has 0 aromatic heterocycles. The molecular weight excluding hydrogens is 164 g/mol. The lowest BCUT2D eigenvalue weighted by Gasteiger charge is -2.03. The van der Waals surface area contributed by atoms with Crippen LogP contribution in [0.4, 0.5) is 0 Å². The number of hydrogen-bond acceptors (Lipinski definition) is 2. The summed E-state index contributed by atoms with van der Waals surface area (Å²) < 4.78 is 5.11.